The summed E-state index contributed by atoms with van der Waals surface area (Å²) < 4.78 is 31.9. The Morgan fingerprint density at radius 3 is 1.76 bits per heavy atom. The van der Waals surface area contributed by atoms with Gasteiger partial charge >= 0.3 is 19.8 Å². The van der Waals surface area contributed by atoms with Crippen molar-refractivity contribution in [1.29, 1.82) is 0 Å². The van der Waals surface area contributed by atoms with E-state index >= 15 is 0 Å². The van der Waals surface area contributed by atoms with E-state index in [2.05, 4.69) is 73.9 Å². The summed E-state index contributed by atoms with van der Waals surface area (Å²) in [6.45, 7) is 5.78. The third-order valence-electron chi connectivity index (χ3n) is 8.14. The van der Waals surface area contributed by atoms with E-state index in [-0.39, 0.29) is 19.4 Å². The standard InChI is InChI=1S/C40H67O9P/c1-4-5-23-29-37-38(49-37)30-25-20-16-12-8-6-7-9-13-18-22-27-32-40(42)48-36(34-47-50(43,44)45)33-46-39(41)31-26-21-17-14-10-11-15-19-24-28-35(2)3/h5,7-9,12,18,20,22-23,25,35-38H,4,6,10-11,13-17,19,21,24,26-34H2,1-3H3,(H2,43,44,45)/b9-7-,12-8-,22-18-,23-5-,25-20-/t36-,37?,38?/m1/s1. The first-order chi connectivity index (χ1) is 24.1. The maximum absolute atomic E-state index is 12.3. The summed E-state index contributed by atoms with van der Waals surface area (Å²) in [5.41, 5.74) is 0. The Hall–Kier alpha value is -2.29. The van der Waals surface area contributed by atoms with Crippen molar-refractivity contribution >= 4 is 19.8 Å². The van der Waals surface area contributed by atoms with Gasteiger partial charge < -0.3 is 24.0 Å². The third-order valence-corrected chi connectivity index (χ3v) is 8.63. The number of carbonyl (C=O) groups excluding carboxylic acids is 2. The quantitative estimate of drug-likeness (QED) is 0.0229. The molecule has 1 fully saturated rings. The highest BCUT2D eigenvalue weighted by atomic mass is 31.2. The van der Waals surface area contributed by atoms with Crippen molar-refractivity contribution < 1.29 is 42.7 Å². The third kappa shape index (κ3) is 30.5. The monoisotopic (exact) mass is 722 g/mol. The number of ether oxygens (including phenoxy) is 3. The van der Waals surface area contributed by atoms with Gasteiger partial charge in [0.15, 0.2) is 6.10 Å². The molecule has 2 N–H and O–H groups in total. The highest BCUT2D eigenvalue weighted by molar-refractivity contribution is 7.46. The molecule has 1 aliphatic heterocycles. The van der Waals surface area contributed by atoms with Crippen LogP contribution in [0.25, 0.3) is 0 Å². The lowest BCUT2D eigenvalue weighted by Gasteiger charge is -2.18. The summed E-state index contributed by atoms with van der Waals surface area (Å²) in [6, 6.07) is 0. The van der Waals surface area contributed by atoms with E-state index in [1.54, 1.807) is 0 Å². The molecule has 2 unspecified atom stereocenters. The van der Waals surface area contributed by atoms with Gasteiger partial charge in [0.05, 0.1) is 18.8 Å². The number of hydrogen-bond acceptors (Lipinski definition) is 7. The SMILES string of the molecule is CC/C=C\CC1OC1C/C=C\C/C=C\C/C=C\C/C=C\CCC(=O)O[C@H](COC(=O)CCCCCCCCCCCC(C)C)COP(=O)(O)O. The van der Waals surface area contributed by atoms with Crippen LogP contribution in [0.15, 0.2) is 60.8 Å². The molecular weight excluding hydrogens is 655 g/mol. The number of allylic oxidation sites excluding steroid dienone is 8. The smallest absolute Gasteiger partial charge is 0.462 e. The fourth-order valence-corrected chi connectivity index (χ4v) is 5.57. The maximum Gasteiger partial charge on any atom is 0.469 e. The second kappa shape index (κ2) is 30.3. The molecule has 1 aliphatic rings. The summed E-state index contributed by atoms with van der Waals surface area (Å²) in [5, 5.41) is 0. The normalized spacial score (nSPS) is 17.3. The van der Waals surface area contributed by atoms with Crippen molar-refractivity contribution in [3.63, 3.8) is 0 Å². The molecule has 0 aromatic carbocycles. The van der Waals surface area contributed by atoms with Crippen LogP contribution in [-0.4, -0.2) is 53.3 Å². The van der Waals surface area contributed by atoms with E-state index in [1.165, 1.54) is 38.5 Å². The first-order valence-corrected chi connectivity index (χ1v) is 20.6. The number of rotatable bonds is 32. The molecule has 0 amide bonds. The van der Waals surface area contributed by atoms with E-state index in [4.69, 9.17) is 24.0 Å². The van der Waals surface area contributed by atoms with Gasteiger partial charge in [-0.25, -0.2) is 4.57 Å². The zero-order chi connectivity index (χ0) is 36.7. The molecule has 0 saturated carbocycles. The van der Waals surface area contributed by atoms with Crippen LogP contribution in [0.2, 0.25) is 0 Å². The van der Waals surface area contributed by atoms with Gasteiger partial charge in [0, 0.05) is 12.8 Å². The predicted octanol–water partition coefficient (Wildman–Crippen LogP) is 10.2. The lowest BCUT2D eigenvalue weighted by atomic mass is 10.0. The summed E-state index contributed by atoms with van der Waals surface area (Å²) >= 11 is 0. The molecule has 0 spiro atoms. The Labute approximate surface area is 302 Å². The summed E-state index contributed by atoms with van der Waals surface area (Å²) in [5.74, 6) is -0.211. The molecule has 0 aliphatic carbocycles. The van der Waals surface area contributed by atoms with Gasteiger partial charge in [-0.15, -0.1) is 0 Å². The zero-order valence-corrected chi connectivity index (χ0v) is 32.0. The minimum Gasteiger partial charge on any atom is -0.462 e. The van der Waals surface area contributed by atoms with Crippen LogP contribution in [-0.2, 0) is 32.9 Å². The van der Waals surface area contributed by atoms with Gasteiger partial charge in [0.25, 0.3) is 0 Å². The number of phosphoric ester groups is 1. The van der Waals surface area contributed by atoms with Gasteiger partial charge in [-0.05, 0) is 57.3 Å². The molecule has 9 nitrogen and oxygen atoms in total. The second-order valence-corrected chi connectivity index (χ2v) is 14.6. The van der Waals surface area contributed by atoms with E-state index in [0.717, 1.165) is 63.7 Å². The number of hydrogen-bond donors (Lipinski definition) is 2. The average molecular weight is 723 g/mol. The van der Waals surface area contributed by atoms with Crippen LogP contribution in [0.1, 0.15) is 143 Å². The van der Waals surface area contributed by atoms with Crippen molar-refractivity contribution in [3.8, 4) is 0 Å². The van der Waals surface area contributed by atoms with Crippen LogP contribution in [0.4, 0.5) is 0 Å². The number of phosphoric acid groups is 1. The largest absolute Gasteiger partial charge is 0.469 e. The molecule has 50 heavy (non-hydrogen) atoms. The van der Waals surface area contributed by atoms with Gasteiger partial charge in [-0.1, -0.05) is 139 Å². The van der Waals surface area contributed by atoms with Crippen LogP contribution in [0, 0.1) is 5.92 Å². The van der Waals surface area contributed by atoms with Crippen LogP contribution >= 0.6 is 7.82 Å². The van der Waals surface area contributed by atoms with Crippen molar-refractivity contribution in [2.24, 2.45) is 5.92 Å². The number of carbonyl (C=O) groups is 2. The number of unbranched alkanes of at least 4 members (excludes halogenated alkanes) is 8. The molecular formula is C40H67O9P. The van der Waals surface area contributed by atoms with Crippen LogP contribution in [0.5, 0.6) is 0 Å². The summed E-state index contributed by atoms with van der Waals surface area (Å²) in [7, 11) is -4.77. The summed E-state index contributed by atoms with van der Waals surface area (Å²) in [4.78, 5) is 42.7. The molecule has 3 atom stereocenters. The molecule has 1 heterocycles. The molecule has 0 bridgehead atoms. The van der Waals surface area contributed by atoms with Crippen LogP contribution < -0.4 is 0 Å². The lowest BCUT2D eigenvalue weighted by molar-refractivity contribution is -0.161. The Balaban J connectivity index is 2.15. The molecule has 286 valence electrons. The van der Waals surface area contributed by atoms with Gasteiger partial charge in [-0.3, -0.25) is 14.1 Å². The highest BCUT2D eigenvalue weighted by Crippen LogP contribution is 2.36. The number of esters is 2. The fourth-order valence-electron chi connectivity index (χ4n) is 5.21. The molecule has 0 aromatic rings. The fraction of sp³-hybridized carbons (Fsp3) is 0.700. The van der Waals surface area contributed by atoms with E-state index in [1.807, 2.05) is 12.2 Å². The van der Waals surface area contributed by atoms with E-state index in [9.17, 15) is 14.2 Å². The maximum atomic E-state index is 12.3. The molecule has 0 radical (unpaired) electrons. The molecule has 1 rings (SSSR count). The van der Waals surface area contributed by atoms with Crippen molar-refractivity contribution in [3.05, 3.63) is 60.8 Å². The second-order valence-electron chi connectivity index (χ2n) is 13.4. The van der Waals surface area contributed by atoms with Gasteiger partial charge in [0.1, 0.15) is 6.61 Å². The minimum atomic E-state index is -4.77. The molecule has 1 saturated heterocycles. The number of epoxide rings is 1. The van der Waals surface area contributed by atoms with Crippen molar-refractivity contribution in [2.45, 2.75) is 161 Å². The molecule has 10 heteroatoms. The lowest BCUT2D eigenvalue weighted by Crippen LogP contribution is -2.29. The Morgan fingerprint density at radius 2 is 1.20 bits per heavy atom. The Bertz CT molecular complexity index is 1070. The van der Waals surface area contributed by atoms with E-state index in [0.29, 0.717) is 25.0 Å². The first kappa shape index (κ1) is 45.7. The topological polar surface area (TPSA) is 132 Å². The van der Waals surface area contributed by atoms with Gasteiger partial charge in [0.2, 0.25) is 0 Å². The van der Waals surface area contributed by atoms with Crippen LogP contribution in [0.3, 0.4) is 0 Å². The molecule has 0 aromatic heterocycles. The Kier molecular flexibility index (Phi) is 27.8. The van der Waals surface area contributed by atoms with Crippen molar-refractivity contribution in [2.75, 3.05) is 13.2 Å². The predicted molar refractivity (Wildman–Crippen MR) is 201 cm³/mol. The summed E-state index contributed by atoms with van der Waals surface area (Å²) in [6.07, 6.45) is 38.6. The van der Waals surface area contributed by atoms with Gasteiger partial charge in [-0.2, -0.15) is 0 Å². The van der Waals surface area contributed by atoms with Crippen molar-refractivity contribution in [1.82, 2.24) is 0 Å². The first-order valence-electron chi connectivity index (χ1n) is 19.1. The van der Waals surface area contributed by atoms with E-state index < -0.39 is 32.5 Å². The minimum absolute atomic E-state index is 0.0816. The zero-order valence-electron chi connectivity index (χ0n) is 31.1. The highest BCUT2D eigenvalue weighted by Gasteiger charge is 2.35. The Morgan fingerprint density at radius 1 is 0.680 bits per heavy atom. The average Bonchev–Trinajstić information content (AvgIpc) is 3.82.